The zero-order valence-corrected chi connectivity index (χ0v) is 35.9. The van der Waals surface area contributed by atoms with E-state index in [1.807, 2.05) is 54.5 Å². The molecule has 3 fully saturated rings. The molecule has 318 valence electrons. The fourth-order valence-electron chi connectivity index (χ4n) is 7.87. The Morgan fingerprint density at radius 2 is 1.75 bits per heavy atom. The molecule has 5 atom stereocenters. The van der Waals surface area contributed by atoms with Crippen LogP contribution in [-0.2, 0) is 23.9 Å². The highest BCUT2D eigenvalue weighted by Gasteiger charge is 2.61. The lowest BCUT2D eigenvalue weighted by Gasteiger charge is -2.35. The molecule has 15 nitrogen and oxygen atoms in total. The fourth-order valence-corrected chi connectivity index (χ4v) is 8.59. The van der Waals surface area contributed by atoms with Gasteiger partial charge in [-0.05, 0) is 61.5 Å². The van der Waals surface area contributed by atoms with Crippen molar-refractivity contribution in [2.45, 2.75) is 123 Å². The summed E-state index contributed by atoms with van der Waals surface area (Å²) in [5, 5.41) is 21.4. The van der Waals surface area contributed by atoms with Crippen LogP contribution in [0.3, 0.4) is 0 Å². The number of nitrogens with one attached hydrogen (secondary N) is 3. The minimum Gasteiger partial charge on any atom is -0.496 e. The maximum atomic E-state index is 14.7. The van der Waals surface area contributed by atoms with Crippen molar-refractivity contribution in [1.29, 1.82) is 0 Å². The molecule has 4 N–H and O–H groups in total. The number of ether oxygens (including phenoxy) is 3. The Morgan fingerprint density at radius 3 is 2.36 bits per heavy atom. The highest BCUT2D eigenvalue weighted by atomic mass is 32.1. The van der Waals surface area contributed by atoms with Crippen molar-refractivity contribution in [2.75, 3.05) is 19.0 Å². The molecule has 1 saturated heterocycles. The van der Waals surface area contributed by atoms with Crippen LogP contribution in [0, 0.1) is 23.7 Å². The van der Waals surface area contributed by atoms with E-state index in [2.05, 4.69) is 27.5 Å². The molecule has 59 heavy (non-hydrogen) atoms. The third kappa shape index (κ3) is 9.80. The number of methoxy groups -OCH3 is 1. The van der Waals surface area contributed by atoms with Gasteiger partial charge in [-0.1, -0.05) is 47.6 Å². The van der Waals surface area contributed by atoms with Crippen molar-refractivity contribution < 1.29 is 43.3 Å². The summed E-state index contributed by atoms with van der Waals surface area (Å²) in [5.41, 5.74) is -0.234. The smallest absolute Gasteiger partial charge is 0.408 e. The summed E-state index contributed by atoms with van der Waals surface area (Å²) < 4.78 is 18.0. The second kappa shape index (κ2) is 16.8. The molecule has 0 unspecified atom stereocenters. The van der Waals surface area contributed by atoms with Gasteiger partial charge in [-0.25, -0.2) is 19.6 Å². The molecule has 3 aromatic rings. The van der Waals surface area contributed by atoms with Gasteiger partial charge in [0.25, 0.3) is 0 Å². The zero-order valence-electron chi connectivity index (χ0n) is 35.1. The molecule has 2 saturated carbocycles. The Bertz CT molecular complexity index is 2130. The summed E-state index contributed by atoms with van der Waals surface area (Å²) in [4.78, 5) is 78.1. The van der Waals surface area contributed by atoms with Gasteiger partial charge in [0, 0.05) is 41.7 Å². The maximum Gasteiger partial charge on any atom is 0.408 e. The number of hydrogen-bond donors (Lipinski definition) is 4. The summed E-state index contributed by atoms with van der Waals surface area (Å²) in [6, 6.07) is 3.18. The van der Waals surface area contributed by atoms with Gasteiger partial charge in [-0.15, -0.1) is 17.9 Å². The van der Waals surface area contributed by atoms with E-state index in [9.17, 15) is 29.1 Å². The van der Waals surface area contributed by atoms with Gasteiger partial charge in [-0.3, -0.25) is 14.4 Å². The minimum atomic E-state index is -1.54. The molecule has 0 bridgehead atoms. The number of carbonyl (C=O) groups excluding carboxylic acids is 4. The summed E-state index contributed by atoms with van der Waals surface area (Å²) in [6.07, 6.45) is 3.73. The van der Waals surface area contributed by atoms with Crippen LogP contribution in [-0.4, -0.2) is 93.2 Å². The number of pyridine rings is 1. The van der Waals surface area contributed by atoms with E-state index in [1.165, 1.54) is 22.3 Å². The van der Waals surface area contributed by atoms with Gasteiger partial charge in [0.2, 0.25) is 17.7 Å². The highest BCUT2D eigenvalue weighted by Crippen LogP contribution is 2.45. The first-order valence-electron chi connectivity index (χ1n) is 20.1. The number of rotatable bonds is 13. The lowest BCUT2D eigenvalue weighted by atomic mass is 9.85. The van der Waals surface area contributed by atoms with Gasteiger partial charge >= 0.3 is 12.1 Å². The standard InChI is InChI=1S/C43H56N6O9S/c1-10-24-19-43(24,38(53)54)48-36(51)31-16-26(21-49(31)37(52)35(42(6,7)8)47-40(55)58-25-13-11-12-14-25)57-33-18-29(44-28-17-32(56-9)23(2)15-27(28)33)30-22-59-39(45-30)46-34(50)20-41(3,4)5/h10,15,17-18,22,24-26,31,35H,1,11-14,16,19-21H2,2-9H3,(H,47,55)(H,48,51)(H,53,54)(H,45,46,50)/t24-,26-,31+,35-,43-/m1/s1. The van der Waals surface area contributed by atoms with Crippen LogP contribution in [0.5, 0.6) is 11.5 Å². The number of nitrogens with zero attached hydrogens (tertiary/aromatic N) is 3. The van der Waals surface area contributed by atoms with E-state index < -0.39 is 58.9 Å². The number of fused-ring (bicyclic) bond motifs is 1. The average molecular weight is 833 g/mol. The molecule has 6 rings (SSSR count). The van der Waals surface area contributed by atoms with Crippen LogP contribution < -0.4 is 25.4 Å². The van der Waals surface area contributed by atoms with Crippen molar-refractivity contribution in [2.24, 2.45) is 16.7 Å². The van der Waals surface area contributed by atoms with Crippen molar-refractivity contribution >= 4 is 57.2 Å². The van der Waals surface area contributed by atoms with E-state index >= 15 is 0 Å². The summed E-state index contributed by atoms with van der Waals surface area (Å²) >= 11 is 1.27. The number of carboxylic acid groups (broad SMARTS) is 1. The van der Waals surface area contributed by atoms with Gasteiger partial charge < -0.3 is 40.2 Å². The predicted molar refractivity (Wildman–Crippen MR) is 223 cm³/mol. The first-order valence-corrected chi connectivity index (χ1v) is 21.0. The number of anilines is 1. The molecule has 4 amide bonds. The Kier molecular flexibility index (Phi) is 12.3. The van der Waals surface area contributed by atoms with Crippen LogP contribution in [0.2, 0.25) is 0 Å². The Morgan fingerprint density at radius 1 is 1.03 bits per heavy atom. The molecule has 0 radical (unpaired) electrons. The number of aliphatic carboxylic acids is 1. The summed E-state index contributed by atoms with van der Waals surface area (Å²) in [6.45, 7) is 16.9. The molecule has 0 spiro atoms. The molecule has 2 aromatic heterocycles. The number of thiazole rings is 1. The number of benzene rings is 1. The second-order valence-corrected chi connectivity index (χ2v) is 19.1. The second-order valence-electron chi connectivity index (χ2n) is 18.2. The first kappa shape index (κ1) is 43.3. The van der Waals surface area contributed by atoms with E-state index in [4.69, 9.17) is 19.2 Å². The molecule has 3 heterocycles. The largest absolute Gasteiger partial charge is 0.496 e. The first-order chi connectivity index (χ1) is 27.7. The van der Waals surface area contributed by atoms with Crippen LogP contribution >= 0.6 is 11.3 Å². The van der Waals surface area contributed by atoms with Crippen molar-refractivity contribution in [3.63, 3.8) is 0 Å². The number of aromatic nitrogens is 2. The van der Waals surface area contributed by atoms with Gasteiger partial charge in [0.05, 0.1) is 24.9 Å². The minimum absolute atomic E-state index is 0.0182. The number of alkyl carbamates (subject to hydrolysis) is 1. The Hall–Kier alpha value is -5.25. The van der Waals surface area contributed by atoms with Crippen molar-refractivity contribution in [3.8, 4) is 22.9 Å². The molecule has 2 aliphatic carbocycles. The monoisotopic (exact) mass is 832 g/mol. The van der Waals surface area contributed by atoms with Gasteiger partial charge in [0.15, 0.2) is 5.13 Å². The SMILES string of the molecule is C=C[C@@H]1C[C@]1(NC(=O)[C@@H]1C[C@@H](Oc2cc(-c3csc(NC(=O)CC(C)(C)C)n3)nc3cc(OC)c(C)cc23)CN1C(=O)[C@@H](NC(=O)OC1CCCC1)C(C)(C)C)C(=O)O. The molecule has 3 aliphatic rings. The van der Waals surface area contributed by atoms with E-state index in [0.717, 1.165) is 31.2 Å². The summed E-state index contributed by atoms with van der Waals surface area (Å²) in [5.74, 6) is -1.99. The number of carboxylic acids is 1. The normalized spacial score (nSPS) is 22.4. The molecule has 16 heteroatoms. The highest BCUT2D eigenvalue weighted by molar-refractivity contribution is 7.14. The van der Waals surface area contributed by atoms with Crippen LogP contribution in [0.25, 0.3) is 22.3 Å². The zero-order chi connectivity index (χ0) is 43.0. The van der Waals surface area contributed by atoms with Crippen LogP contribution in [0.4, 0.5) is 9.93 Å². The molecular weight excluding hydrogens is 777 g/mol. The van der Waals surface area contributed by atoms with Crippen LogP contribution in [0.15, 0.2) is 36.2 Å². The number of amides is 4. The number of likely N-dealkylation sites (tertiary alicyclic amines) is 1. The number of hydrogen-bond acceptors (Lipinski definition) is 11. The van der Waals surface area contributed by atoms with Gasteiger partial charge in [0.1, 0.15) is 47.0 Å². The van der Waals surface area contributed by atoms with Crippen molar-refractivity contribution in [3.05, 3.63) is 41.8 Å². The fraction of sp³-hybridized carbons (Fsp3) is 0.558. The predicted octanol–water partition coefficient (Wildman–Crippen LogP) is 6.63. The molecular formula is C43H56N6O9S. The van der Waals surface area contributed by atoms with E-state index in [-0.39, 0.29) is 36.8 Å². The lowest BCUT2D eigenvalue weighted by Crippen LogP contribution is -2.59. The number of carbonyl (C=O) groups is 5. The third-order valence-corrected chi connectivity index (χ3v) is 11.9. The average Bonchev–Trinajstić information content (AvgIpc) is 3.55. The lowest BCUT2D eigenvalue weighted by molar-refractivity contribution is -0.146. The Labute approximate surface area is 348 Å². The topological polar surface area (TPSA) is 198 Å². The molecule has 1 aromatic carbocycles. The maximum absolute atomic E-state index is 14.7. The van der Waals surface area contributed by atoms with Crippen molar-refractivity contribution in [1.82, 2.24) is 25.5 Å². The quantitative estimate of drug-likeness (QED) is 0.135. The third-order valence-electron chi connectivity index (χ3n) is 11.1. The van der Waals surface area contributed by atoms with Crippen LogP contribution in [0.1, 0.15) is 92.1 Å². The Balaban J connectivity index is 1.33. The summed E-state index contributed by atoms with van der Waals surface area (Å²) in [7, 11) is 1.57. The van der Waals surface area contributed by atoms with E-state index in [1.54, 1.807) is 24.6 Å². The van der Waals surface area contributed by atoms with Gasteiger partial charge in [-0.2, -0.15) is 0 Å². The number of aryl methyl sites for hydroxylation is 1. The molecule has 1 aliphatic heterocycles. The van der Waals surface area contributed by atoms with E-state index in [0.29, 0.717) is 45.3 Å².